The molecule has 31 heavy (non-hydrogen) atoms. The lowest BCUT2D eigenvalue weighted by molar-refractivity contribution is 0.00791. The summed E-state index contributed by atoms with van der Waals surface area (Å²) in [6.07, 6.45) is 8.16. The molecule has 3 N–H and O–H groups in total. The number of nitrogens with zero attached hydrogens (tertiary/aromatic N) is 6. The Bertz CT molecular complexity index is 994. The Morgan fingerprint density at radius 3 is 2.81 bits per heavy atom. The van der Waals surface area contributed by atoms with E-state index in [1.807, 2.05) is 11.7 Å². The molecule has 0 bridgehead atoms. The lowest BCUT2D eigenvalue weighted by Crippen LogP contribution is -2.46. The van der Waals surface area contributed by atoms with Crippen molar-refractivity contribution in [3.63, 3.8) is 0 Å². The van der Waals surface area contributed by atoms with Gasteiger partial charge in [-0.3, -0.25) is 9.58 Å². The summed E-state index contributed by atoms with van der Waals surface area (Å²) in [5.74, 6) is 1.30. The Morgan fingerprint density at radius 2 is 2.00 bits per heavy atom. The summed E-state index contributed by atoms with van der Waals surface area (Å²) in [6.45, 7) is 4.32. The van der Waals surface area contributed by atoms with Gasteiger partial charge in [0.25, 0.3) is 0 Å². The summed E-state index contributed by atoms with van der Waals surface area (Å²) in [5, 5.41) is 20.2. The summed E-state index contributed by atoms with van der Waals surface area (Å²) in [5.41, 5.74) is 3.42. The highest BCUT2D eigenvalue weighted by Gasteiger charge is 2.27. The fraction of sp³-hybridized carbons (Fsp3) is 0.600. The van der Waals surface area contributed by atoms with Crippen LogP contribution in [0, 0.1) is 0 Å². The molecule has 1 aliphatic heterocycles. The number of aromatic nitrogens is 5. The molecule has 0 spiro atoms. The van der Waals surface area contributed by atoms with E-state index < -0.39 is 0 Å². The number of ether oxygens (including phenoxy) is 1. The molecule has 0 aromatic carbocycles. The number of hydrogen-bond donors (Lipinski definition) is 3. The summed E-state index contributed by atoms with van der Waals surface area (Å²) in [4.78, 5) is 17.2. The number of anilines is 3. The van der Waals surface area contributed by atoms with Crippen LogP contribution in [0.2, 0.25) is 0 Å². The third-order valence-corrected chi connectivity index (χ3v) is 6.73. The molecule has 2 aliphatic rings. The van der Waals surface area contributed by atoms with E-state index in [9.17, 15) is 0 Å². The lowest BCUT2D eigenvalue weighted by atomic mass is 9.90. The SMILES string of the molecule is OCCn1cc(Nc2nc(NC3CCC(N4CCOCC4)CC3)c3ncsc3n2)cn1. The van der Waals surface area contributed by atoms with Crippen molar-refractivity contribution in [2.24, 2.45) is 0 Å². The van der Waals surface area contributed by atoms with E-state index in [0.717, 1.165) is 61.0 Å². The van der Waals surface area contributed by atoms with Gasteiger partial charge in [0.2, 0.25) is 5.95 Å². The van der Waals surface area contributed by atoms with E-state index in [2.05, 4.69) is 30.6 Å². The van der Waals surface area contributed by atoms with Crippen LogP contribution in [-0.4, -0.2) is 79.7 Å². The summed E-state index contributed by atoms with van der Waals surface area (Å²) < 4.78 is 7.17. The molecule has 0 radical (unpaired) electrons. The third-order valence-electron chi connectivity index (χ3n) is 6.02. The Balaban J connectivity index is 1.26. The molecule has 0 atom stereocenters. The predicted molar refractivity (Wildman–Crippen MR) is 120 cm³/mol. The number of morpholine rings is 1. The molecule has 1 aliphatic carbocycles. The first-order valence-electron chi connectivity index (χ1n) is 10.9. The molecular weight excluding hydrogens is 416 g/mol. The fourth-order valence-corrected chi connectivity index (χ4v) is 5.08. The van der Waals surface area contributed by atoms with E-state index in [-0.39, 0.29) is 6.61 Å². The van der Waals surface area contributed by atoms with E-state index in [1.165, 1.54) is 24.2 Å². The second kappa shape index (κ2) is 9.43. The van der Waals surface area contributed by atoms with Crippen molar-refractivity contribution in [1.29, 1.82) is 0 Å². The Morgan fingerprint density at radius 1 is 1.16 bits per heavy atom. The first kappa shape index (κ1) is 20.6. The van der Waals surface area contributed by atoms with E-state index in [0.29, 0.717) is 24.6 Å². The van der Waals surface area contributed by atoms with Gasteiger partial charge in [0, 0.05) is 31.4 Å². The molecule has 166 valence electrons. The Hall–Kier alpha value is -2.34. The van der Waals surface area contributed by atoms with Crippen LogP contribution < -0.4 is 10.6 Å². The second-order valence-corrected chi connectivity index (χ2v) is 8.87. The third kappa shape index (κ3) is 4.79. The van der Waals surface area contributed by atoms with Crippen LogP contribution >= 0.6 is 11.3 Å². The van der Waals surface area contributed by atoms with Crippen molar-refractivity contribution in [2.45, 2.75) is 44.3 Å². The molecule has 11 heteroatoms. The minimum Gasteiger partial charge on any atom is -0.394 e. The predicted octanol–water partition coefficient (Wildman–Crippen LogP) is 2.07. The van der Waals surface area contributed by atoms with E-state index in [1.54, 1.807) is 10.9 Å². The maximum Gasteiger partial charge on any atom is 0.230 e. The van der Waals surface area contributed by atoms with Gasteiger partial charge in [0.1, 0.15) is 5.52 Å². The topological polar surface area (TPSA) is 113 Å². The van der Waals surface area contributed by atoms with Crippen molar-refractivity contribution in [3.8, 4) is 0 Å². The van der Waals surface area contributed by atoms with Crippen LogP contribution in [0.4, 0.5) is 17.5 Å². The zero-order chi connectivity index (χ0) is 21.0. The Labute approximate surface area is 184 Å². The number of fused-ring (bicyclic) bond motifs is 1. The maximum atomic E-state index is 9.07. The molecule has 1 saturated heterocycles. The van der Waals surface area contributed by atoms with Crippen LogP contribution in [0.5, 0.6) is 0 Å². The zero-order valence-corrected chi connectivity index (χ0v) is 18.2. The highest BCUT2D eigenvalue weighted by molar-refractivity contribution is 7.16. The maximum absolute atomic E-state index is 9.07. The molecule has 1 saturated carbocycles. The summed E-state index contributed by atoms with van der Waals surface area (Å²) in [6, 6.07) is 1.05. The van der Waals surface area contributed by atoms with Crippen LogP contribution in [0.3, 0.4) is 0 Å². The molecule has 0 amide bonds. The highest BCUT2D eigenvalue weighted by atomic mass is 32.1. The minimum atomic E-state index is 0.0479. The van der Waals surface area contributed by atoms with Crippen molar-refractivity contribution in [3.05, 3.63) is 17.9 Å². The van der Waals surface area contributed by atoms with E-state index >= 15 is 0 Å². The zero-order valence-electron chi connectivity index (χ0n) is 17.4. The number of thiazole rings is 1. The largest absolute Gasteiger partial charge is 0.394 e. The Kier molecular flexibility index (Phi) is 6.25. The van der Waals surface area contributed by atoms with Crippen LogP contribution in [-0.2, 0) is 11.3 Å². The molecule has 2 fully saturated rings. The molecule has 3 aromatic heterocycles. The van der Waals surface area contributed by atoms with Crippen molar-refractivity contribution in [1.82, 2.24) is 29.6 Å². The number of rotatable bonds is 7. The average Bonchev–Trinajstić information content (AvgIpc) is 3.45. The highest BCUT2D eigenvalue weighted by Crippen LogP contribution is 2.30. The molecule has 5 rings (SSSR count). The van der Waals surface area contributed by atoms with Crippen LogP contribution in [0.15, 0.2) is 17.9 Å². The monoisotopic (exact) mass is 444 g/mol. The van der Waals surface area contributed by atoms with Gasteiger partial charge in [-0.15, -0.1) is 11.3 Å². The number of hydrogen-bond acceptors (Lipinski definition) is 10. The molecule has 3 aromatic rings. The van der Waals surface area contributed by atoms with Gasteiger partial charge in [-0.05, 0) is 25.7 Å². The van der Waals surface area contributed by atoms with Gasteiger partial charge in [-0.1, -0.05) is 0 Å². The van der Waals surface area contributed by atoms with Crippen LogP contribution in [0.1, 0.15) is 25.7 Å². The number of nitrogens with one attached hydrogen (secondary N) is 2. The molecule has 4 heterocycles. The second-order valence-electron chi connectivity index (χ2n) is 8.04. The molecule has 0 unspecified atom stereocenters. The first-order valence-corrected chi connectivity index (χ1v) is 11.8. The number of aliphatic hydroxyl groups excluding tert-OH is 1. The van der Waals surface area contributed by atoms with E-state index in [4.69, 9.17) is 14.8 Å². The summed E-state index contributed by atoms with van der Waals surface area (Å²) >= 11 is 1.51. The minimum absolute atomic E-state index is 0.0479. The lowest BCUT2D eigenvalue weighted by Gasteiger charge is -2.39. The van der Waals surface area contributed by atoms with Crippen LogP contribution in [0.25, 0.3) is 10.3 Å². The van der Waals surface area contributed by atoms with Crippen molar-refractivity contribution < 1.29 is 9.84 Å². The van der Waals surface area contributed by atoms with Gasteiger partial charge in [-0.2, -0.15) is 15.1 Å². The average molecular weight is 445 g/mol. The molecule has 10 nitrogen and oxygen atoms in total. The van der Waals surface area contributed by atoms with Crippen molar-refractivity contribution >= 4 is 39.1 Å². The normalized spacial score (nSPS) is 22.6. The molecular formula is C20H28N8O2S. The quantitative estimate of drug-likeness (QED) is 0.504. The van der Waals surface area contributed by atoms with Gasteiger partial charge < -0.3 is 20.5 Å². The number of aliphatic hydroxyl groups is 1. The standard InChI is InChI=1S/C20H28N8O2S/c29-8-5-28-12-15(11-22-28)24-20-25-18(17-19(26-20)31-13-21-17)23-14-1-3-16(4-2-14)27-6-9-30-10-7-27/h11-14,16,29H,1-10H2,(H2,23,24,25,26). The van der Waals surface area contributed by atoms with Crippen molar-refractivity contribution in [2.75, 3.05) is 43.5 Å². The smallest absolute Gasteiger partial charge is 0.230 e. The van der Waals surface area contributed by atoms with Gasteiger partial charge in [0.15, 0.2) is 10.6 Å². The fourth-order valence-electron chi connectivity index (χ4n) is 4.42. The van der Waals surface area contributed by atoms with Gasteiger partial charge in [-0.25, -0.2) is 4.98 Å². The summed E-state index contributed by atoms with van der Waals surface area (Å²) in [7, 11) is 0. The first-order chi connectivity index (χ1) is 15.3. The van der Waals surface area contributed by atoms with Gasteiger partial charge >= 0.3 is 0 Å². The van der Waals surface area contributed by atoms with Gasteiger partial charge in [0.05, 0.1) is 43.8 Å².